The molecular formula is C23H27N5O2. The van der Waals surface area contributed by atoms with E-state index in [9.17, 15) is 0 Å². The molecule has 156 valence electrons. The Morgan fingerprint density at radius 1 is 1.10 bits per heavy atom. The van der Waals surface area contributed by atoms with Gasteiger partial charge in [-0.05, 0) is 30.2 Å². The van der Waals surface area contributed by atoms with Crippen LogP contribution in [0.1, 0.15) is 29.8 Å². The van der Waals surface area contributed by atoms with Crippen molar-refractivity contribution in [2.45, 2.75) is 19.9 Å². The van der Waals surface area contributed by atoms with Crippen LogP contribution in [0.4, 0.5) is 5.69 Å². The van der Waals surface area contributed by atoms with Crippen molar-refractivity contribution < 1.29 is 9.63 Å². The quantitative estimate of drug-likeness (QED) is 0.633. The Hall–Kier alpha value is -3.08. The average molecular weight is 406 g/mol. The molecule has 1 aliphatic heterocycles. The number of aromatic nitrogens is 3. The summed E-state index contributed by atoms with van der Waals surface area (Å²) in [6.07, 6.45) is 4.64. The van der Waals surface area contributed by atoms with Crippen LogP contribution in [0, 0.1) is 11.8 Å². The molecule has 1 aromatic carbocycles. The second-order valence-corrected chi connectivity index (χ2v) is 7.36. The summed E-state index contributed by atoms with van der Waals surface area (Å²) in [5.74, 6) is 7.80. The summed E-state index contributed by atoms with van der Waals surface area (Å²) < 4.78 is 7.44. The standard InChI is InChI=1S/C23H27N5O2/c1-2-23-24-9-10-28(23)18-20-17-22(30-25-20)8-5-19-3-6-21(7-4-19)27-13-11-26(12-14-27)15-16-29/h3-4,6-7,9-10,17,29H,2,11-16,18H2,1H3. The van der Waals surface area contributed by atoms with E-state index < -0.39 is 0 Å². The minimum atomic E-state index is 0.226. The Balaban J connectivity index is 1.35. The largest absolute Gasteiger partial charge is 0.395 e. The van der Waals surface area contributed by atoms with E-state index in [-0.39, 0.29) is 6.61 Å². The summed E-state index contributed by atoms with van der Waals surface area (Å²) in [7, 11) is 0. The highest BCUT2D eigenvalue weighted by molar-refractivity contribution is 5.51. The lowest BCUT2D eigenvalue weighted by atomic mass is 10.1. The molecule has 3 heterocycles. The number of aryl methyl sites for hydroxylation is 1. The van der Waals surface area contributed by atoms with Crippen LogP contribution in [0.25, 0.3) is 0 Å². The van der Waals surface area contributed by atoms with E-state index in [1.807, 2.05) is 24.4 Å². The number of aliphatic hydroxyl groups is 1. The number of aliphatic hydroxyl groups excluding tert-OH is 1. The highest BCUT2D eigenvalue weighted by Crippen LogP contribution is 2.17. The minimum Gasteiger partial charge on any atom is -0.395 e. The summed E-state index contributed by atoms with van der Waals surface area (Å²) in [5, 5.41) is 13.2. The summed E-state index contributed by atoms with van der Waals surface area (Å²) in [4.78, 5) is 8.99. The molecule has 0 radical (unpaired) electrons. The lowest BCUT2D eigenvalue weighted by Gasteiger charge is -2.35. The number of imidazole rings is 1. The number of rotatable bonds is 6. The van der Waals surface area contributed by atoms with Gasteiger partial charge in [0.05, 0.1) is 13.2 Å². The van der Waals surface area contributed by atoms with Crippen molar-refractivity contribution >= 4 is 5.69 Å². The van der Waals surface area contributed by atoms with Crippen LogP contribution >= 0.6 is 0 Å². The number of anilines is 1. The molecule has 0 atom stereocenters. The predicted octanol–water partition coefficient (Wildman–Crippen LogP) is 2.00. The van der Waals surface area contributed by atoms with Crippen LogP contribution in [-0.4, -0.2) is 64.0 Å². The van der Waals surface area contributed by atoms with Crippen LogP contribution in [-0.2, 0) is 13.0 Å². The maximum atomic E-state index is 9.06. The molecule has 30 heavy (non-hydrogen) atoms. The average Bonchev–Trinajstić information content (AvgIpc) is 3.43. The van der Waals surface area contributed by atoms with Gasteiger partial charge in [-0.2, -0.15) is 0 Å². The van der Waals surface area contributed by atoms with Gasteiger partial charge < -0.3 is 19.1 Å². The van der Waals surface area contributed by atoms with Crippen molar-refractivity contribution in [2.75, 3.05) is 44.2 Å². The first-order chi connectivity index (χ1) is 14.7. The van der Waals surface area contributed by atoms with Gasteiger partial charge in [0.25, 0.3) is 0 Å². The third-order valence-corrected chi connectivity index (χ3v) is 5.36. The first kappa shape index (κ1) is 20.2. The van der Waals surface area contributed by atoms with Gasteiger partial charge in [-0.25, -0.2) is 4.98 Å². The predicted molar refractivity (Wildman–Crippen MR) is 115 cm³/mol. The fourth-order valence-electron chi connectivity index (χ4n) is 3.68. The Bertz CT molecular complexity index is 1000. The number of nitrogens with zero attached hydrogens (tertiary/aromatic N) is 5. The highest BCUT2D eigenvalue weighted by Gasteiger charge is 2.16. The van der Waals surface area contributed by atoms with E-state index in [0.717, 1.165) is 56.2 Å². The van der Waals surface area contributed by atoms with E-state index in [2.05, 4.69) is 55.4 Å². The molecule has 0 unspecified atom stereocenters. The minimum absolute atomic E-state index is 0.226. The van der Waals surface area contributed by atoms with Crippen LogP contribution in [0.5, 0.6) is 0 Å². The molecule has 2 aromatic heterocycles. The molecular weight excluding hydrogens is 378 g/mol. The zero-order chi connectivity index (χ0) is 20.8. The maximum Gasteiger partial charge on any atom is 0.210 e. The molecule has 0 bridgehead atoms. The maximum absolute atomic E-state index is 9.06. The molecule has 1 saturated heterocycles. The molecule has 0 aliphatic carbocycles. The summed E-state index contributed by atoms with van der Waals surface area (Å²) >= 11 is 0. The van der Waals surface area contributed by atoms with Crippen molar-refractivity contribution in [1.82, 2.24) is 19.6 Å². The van der Waals surface area contributed by atoms with Crippen molar-refractivity contribution in [1.29, 1.82) is 0 Å². The number of hydrogen-bond acceptors (Lipinski definition) is 6. The summed E-state index contributed by atoms with van der Waals surface area (Å²) in [5.41, 5.74) is 2.99. The number of β-amino-alcohol motifs (C(OH)–C–C–N with tert-alkyl or cyclic N) is 1. The van der Waals surface area contributed by atoms with Gasteiger partial charge in [0.1, 0.15) is 11.5 Å². The van der Waals surface area contributed by atoms with Gasteiger partial charge in [-0.1, -0.05) is 18.0 Å². The smallest absolute Gasteiger partial charge is 0.210 e. The molecule has 3 aromatic rings. The molecule has 0 saturated carbocycles. The van der Waals surface area contributed by atoms with Crippen molar-refractivity contribution in [3.8, 4) is 11.8 Å². The fraction of sp³-hybridized carbons (Fsp3) is 0.391. The van der Waals surface area contributed by atoms with Crippen LogP contribution < -0.4 is 4.90 Å². The molecule has 1 fully saturated rings. The van der Waals surface area contributed by atoms with Gasteiger partial charge in [0.15, 0.2) is 0 Å². The normalized spacial score (nSPS) is 14.5. The van der Waals surface area contributed by atoms with Gasteiger partial charge >= 0.3 is 0 Å². The second kappa shape index (κ2) is 9.61. The zero-order valence-electron chi connectivity index (χ0n) is 17.3. The molecule has 1 N–H and O–H groups in total. The monoisotopic (exact) mass is 405 g/mol. The van der Waals surface area contributed by atoms with Gasteiger partial charge in [-0.15, -0.1) is 0 Å². The van der Waals surface area contributed by atoms with Crippen molar-refractivity contribution in [2.24, 2.45) is 0 Å². The van der Waals surface area contributed by atoms with Gasteiger partial charge in [-0.3, -0.25) is 4.90 Å². The lowest BCUT2D eigenvalue weighted by Crippen LogP contribution is -2.47. The first-order valence-corrected chi connectivity index (χ1v) is 10.4. The van der Waals surface area contributed by atoms with Crippen molar-refractivity contribution in [3.05, 3.63) is 65.6 Å². The van der Waals surface area contributed by atoms with Gasteiger partial charge in [0.2, 0.25) is 5.76 Å². The van der Waals surface area contributed by atoms with E-state index in [0.29, 0.717) is 12.3 Å². The first-order valence-electron chi connectivity index (χ1n) is 10.4. The molecule has 7 nitrogen and oxygen atoms in total. The Morgan fingerprint density at radius 2 is 1.90 bits per heavy atom. The summed E-state index contributed by atoms with van der Waals surface area (Å²) in [6, 6.07) is 10.2. The van der Waals surface area contributed by atoms with Crippen LogP contribution in [0.2, 0.25) is 0 Å². The van der Waals surface area contributed by atoms with E-state index in [1.165, 1.54) is 5.69 Å². The third kappa shape index (κ3) is 4.90. The third-order valence-electron chi connectivity index (χ3n) is 5.36. The van der Waals surface area contributed by atoms with E-state index in [1.54, 1.807) is 6.20 Å². The Labute approximate surface area is 176 Å². The second-order valence-electron chi connectivity index (χ2n) is 7.36. The van der Waals surface area contributed by atoms with E-state index >= 15 is 0 Å². The lowest BCUT2D eigenvalue weighted by molar-refractivity contribution is 0.189. The Morgan fingerprint density at radius 3 is 2.63 bits per heavy atom. The van der Waals surface area contributed by atoms with Crippen LogP contribution in [0.3, 0.4) is 0 Å². The fourth-order valence-corrected chi connectivity index (χ4v) is 3.68. The highest BCUT2D eigenvalue weighted by atomic mass is 16.5. The topological polar surface area (TPSA) is 70.6 Å². The van der Waals surface area contributed by atoms with Crippen molar-refractivity contribution in [3.63, 3.8) is 0 Å². The molecule has 0 amide bonds. The Kier molecular flexibility index (Phi) is 6.47. The molecule has 7 heteroatoms. The summed E-state index contributed by atoms with van der Waals surface area (Å²) in [6.45, 7) is 7.61. The number of hydrogen-bond donors (Lipinski definition) is 1. The van der Waals surface area contributed by atoms with E-state index in [4.69, 9.17) is 9.63 Å². The van der Waals surface area contributed by atoms with Gasteiger partial charge in [0, 0.05) is 68.9 Å². The number of piperazine rings is 1. The number of benzene rings is 1. The molecule has 0 spiro atoms. The molecule has 1 aliphatic rings. The SMILES string of the molecule is CCc1nccn1Cc1cc(C#Cc2ccc(N3CCN(CCO)CC3)cc2)on1. The zero-order valence-corrected chi connectivity index (χ0v) is 17.3. The van der Waals surface area contributed by atoms with Crippen LogP contribution in [0.15, 0.2) is 47.2 Å². The molecule has 4 rings (SSSR count).